The monoisotopic (exact) mass is 196 g/mol. The van der Waals surface area contributed by atoms with Gasteiger partial charge in [-0.25, -0.2) is 4.39 Å². The first-order valence-electron chi connectivity index (χ1n) is 4.32. The molecule has 0 heterocycles. The number of nitrogens with one attached hydrogen (secondary N) is 1. The maximum absolute atomic E-state index is 12.9. The van der Waals surface area contributed by atoms with Crippen LogP contribution >= 0.6 is 0 Å². The molecular formula is C10H13FN2O. The maximum Gasteiger partial charge on any atom is 0.239 e. The normalized spacial score (nSPS) is 12.2. The number of carbonyl (C=O) groups is 1. The molecule has 76 valence electrons. The van der Waals surface area contributed by atoms with Crippen LogP contribution in [-0.2, 0) is 4.79 Å². The summed E-state index contributed by atoms with van der Waals surface area (Å²) in [5.41, 5.74) is 6.42. The van der Waals surface area contributed by atoms with Gasteiger partial charge in [0, 0.05) is 5.69 Å². The Balaban J connectivity index is 2.81. The second kappa shape index (κ2) is 4.09. The van der Waals surface area contributed by atoms with E-state index >= 15 is 0 Å². The molecule has 0 saturated heterocycles. The minimum Gasteiger partial charge on any atom is -0.374 e. The summed E-state index contributed by atoms with van der Waals surface area (Å²) < 4.78 is 12.9. The Kier molecular flexibility index (Phi) is 3.06. The molecule has 0 saturated carbocycles. The van der Waals surface area contributed by atoms with Crippen molar-refractivity contribution >= 4 is 11.6 Å². The van der Waals surface area contributed by atoms with Crippen molar-refractivity contribution in [3.05, 3.63) is 29.6 Å². The molecule has 14 heavy (non-hydrogen) atoms. The van der Waals surface area contributed by atoms with Crippen molar-refractivity contribution in [2.75, 3.05) is 5.32 Å². The van der Waals surface area contributed by atoms with Gasteiger partial charge in [0.05, 0.1) is 0 Å². The van der Waals surface area contributed by atoms with E-state index in [9.17, 15) is 9.18 Å². The SMILES string of the molecule is Cc1cc(F)cc(NC(C)C(N)=O)c1. The zero-order valence-corrected chi connectivity index (χ0v) is 8.17. The average Bonchev–Trinajstić information content (AvgIpc) is 2.01. The third-order valence-electron chi connectivity index (χ3n) is 1.85. The molecule has 1 atom stereocenters. The van der Waals surface area contributed by atoms with E-state index in [1.54, 1.807) is 19.9 Å². The van der Waals surface area contributed by atoms with E-state index in [1.807, 2.05) is 0 Å². The summed E-state index contributed by atoms with van der Waals surface area (Å²) in [5, 5.41) is 2.81. The fourth-order valence-corrected chi connectivity index (χ4v) is 1.14. The summed E-state index contributed by atoms with van der Waals surface area (Å²) in [7, 11) is 0. The molecule has 0 fully saturated rings. The van der Waals surface area contributed by atoms with Gasteiger partial charge in [0.2, 0.25) is 5.91 Å². The largest absolute Gasteiger partial charge is 0.374 e. The molecule has 4 heteroatoms. The number of rotatable bonds is 3. The van der Waals surface area contributed by atoms with Gasteiger partial charge < -0.3 is 11.1 Å². The first-order chi connectivity index (χ1) is 6.49. The third kappa shape index (κ3) is 2.73. The lowest BCUT2D eigenvalue weighted by Crippen LogP contribution is -2.32. The summed E-state index contributed by atoms with van der Waals surface area (Å²) in [5.74, 6) is -0.795. The standard InChI is InChI=1S/C10H13FN2O/c1-6-3-8(11)5-9(4-6)13-7(2)10(12)14/h3-5,7,13H,1-2H3,(H2,12,14). The van der Waals surface area contributed by atoms with Gasteiger partial charge in [0.25, 0.3) is 0 Å². The number of anilines is 1. The maximum atomic E-state index is 12.9. The number of primary amides is 1. The second-order valence-corrected chi connectivity index (χ2v) is 3.29. The van der Waals surface area contributed by atoms with Gasteiger partial charge in [-0.3, -0.25) is 4.79 Å². The zero-order valence-electron chi connectivity index (χ0n) is 8.17. The van der Waals surface area contributed by atoms with E-state index in [0.29, 0.717) is 5.69 Å². The highest BCUT2D eigenvalue weighted by atomic mass is 19.1. The number of amides is 1. The highest BCUT2D eigenvalue weighted by Gasteiger charge is 2.08. The van der Waals surface area contributed by atoms with E-state index < -0.39 is 11.9 Å². The van der Waals surface area contributed by atoms with Crippen LogP contribution in [0.4, 0.5) is 10.1 Å². The number of nitrogens with two attached hydrogens (primary N) is 1. The summed E-state index contributed by atoms with van der Waals surface area (Å²) in [4.78, 5) is 10.7. The lowest BCUT2D eigenvalue weighted by molar-refractivity contribution is -0.118. The minimum absolute atomic E-state index is 0.329. The van der Waals surface area contributed by atoms with Crippen molar-refractivity contribution in [1.82, 2.24) is 0 Å². The van der Waals surface area contributed by atoms with Crippen LogP contribution in [0.2, 0.25) is 0 Å². The molecule has 0 aliphatic carbocycles. The van der Waals surface area contributed by atoms with Gasteiger partial charge in [0.1, 0.15) is 11.9 Å². The average molecular weight is 196 g/mol. The van der Waals surface area contributed by atoms with Crippen LogP contribution in [0.3, 0.4) is 0 Å². The molecule has 1 aromatic carbocycles. The third-order valence-corrected chi connectivity index (χ3v) is 1.85. The fraction of sp³-hybridized carbons (Fsp3) is 0.300. The van der Waals surface area contributed by atoms with Crippen LogP contribution in [0, 0.1) is 12.7 Å². The van der Waals surface area contributed by atoms with E-state index in [4.69, 9.17) is 5.73 Å². The Labute approximate surface area is 82.1 Å². The van der Waals surface area contributed by atoms with Gasteiger partial charge in [0.15, 0.2) is 0 Å². The van der Waals surface area contributed by atoms with Crippen LogP contribution in [0.25, 0.3) is 0 Å². The van der Waals surface area contributed by atoms with Crippen LogP contribution in [0.1, 0.15) is 12.5 Å². The summed E-state index contributed by atoms with van der Waals surface area (Å²) in [6.45, 7) is 3.41. The Morgan fingerprint density at radius 1 is 1.50 bits per heavy atom. The van der Waals surface area contributed by atoms with Gasteiger partial charge in [-0.2, -0.15) is 0 Å². The molecule has 0 spiro atoms. The van der Waals surface area contributed by atoms with Crippen LogP contribution < -0.4 is 11.1 Å². The Bertz CT molecular complexity index is 332. The Morgan fingerprint density at radius 2 is 2.14 bits per heavy atom. The summed E-state index contributed by atoms with van der Waals surface area (Å²) in [6.07, 6.45) is 0. The molecule has 1 aromatic rings. The van der Waals surface area contributed by atoms with Crippen molar-refractivity contribution in [3.63, 3.8) is 0 Å². The second-order valence-electron chi connectivity index (χ2n) is 3.29. The highest BCUT2D eigenvalue weighted by molar-refractivity contribution is 5.82. The molecular weight excluding hydrogens is 183 g/mol. The van der Waals surface area contributed by atoms with E-state index in [-0.39, 0.29) is 5.82 Å². The van der Waals surface area contributed by atoms with Crippen molar-refractivity contribution in [3.8, 4) is 0 Å². The smallest absolute Gasteiger partial charge is 0.239 e. The molecule has 0 radical (unpaired) electrons. The van der Waals surface area contributed by atoms with Crippen molar-refractivity contribution in [1.29, 1.82) is 0 Å². The topological polar surface area (TPSA) is 55.1 Å². The fourth-order valence-electron chi connectivity index (χ4n) is 1.14. The van der Waals surface area contributed by atoms with E-state index in [0.717, 1.165) is 5.56 Å². The van der Waals surface area contributed by atoms with Crippen molar-refractivity contribution < 1.29 is 9.18 Å². The minimum atomic E-state index is -0.504. The molecule has 1 rings (SSSR count). The summed E-state index contributed by atoms with van der Waals surface area (Å²) in [6, 6.07) is 3.99. The molecule has 1 amide bonds. The van der Waals surface area contributed by atoms with E-state index in [1.165, 1.54) is 12.1 Å². The van der Waals surface area contributed by atoms with Crippen LogP contribution in [0.5, 0.6) is 0 Å². The zero-order chi connectivity index (χ0) is 10.7. The lowest BCUT2D eigenvalue weighted by atomic mass is 10.2. The van der Waals surface area contributed by atoms with Crippen molar-refractivity contribution in [2.45, 2.75) is 19.9 Å². The quantitative estimate of drug-likeness (QED) is 0.768. The Morgan fingerprint density at radius 3 is 2.64 bits per heavy atom. The first kappa shape index (κ1) is 10.5. The number of halogens is 1. The van der Waals surface area contributed by atoms with Gasteiger partial charge in [-0.1, -0.05) is 0 Å². The highest BCUT2D eigenvalue weighted by Crippen LogP contribution is 2.13. The Hall–Kier alpha value is -1.58. The summed E-state index contributed by atoms with van der Waals surface area (Å²) >= 11 is 0. The first-order valence-corrected chi connectivity index (χ1v) is 4.32. The predicted molar refractivity (Wildman–Crippen MR) is 53.4 cm³/mol. The number of hydrogen-bond acceptors (Lipinski definition) is 2. The van der Waals surface area contributed by atoms with E-state index in [2.05, 4.69) is 5.32 Å². The van der Waals surface area contributed by atoms with Crippen LogP contribution in [0.15, 0.2) is 18.2 Å². The molecule has 0 aliphatic rings. The number of hydrogen-bond donors (Lipinski definition) is 2. The number of aryl methyl sites for hydroxylation is 1. The molecule has 0 bridgehead atoms. The van der Waals surface area contributed by atoms with Gasteiger partial charge in [-0.05, 0) is 37.6 Å². The molecule has 3 nitrogen and oxygen atoms in total. The molecule has 1 unspecified atom stereocenters. The molecule has 0 aliphatic heterocycles. The molecule has 0 aromatic heterocycles. The van der Waals surface area contributed by atoms with Crippen LogP contribution in [-0.4, -0.2) is 11.9 Å². The predicted octanol–water partition coefficient (Wildman–Crippen LogP) is 1.42. The number of benzene rings is 1. The van der Waals surface area contributed by atoms with Gasteiger partial charge in [-0.15, -0.1) is 0 Å². The molecule has 3 N–H and O–H groups in total. The number of carbonyl (C=O) groups excluding carboxylic acids is 1. The van der Waals surface area contributed by atoms with Crippen molar-refractivity contribution in [2.24, 2.45) is 5.73 Å². The van der Waals surface area contributed by atoms with Gasteiger partial charge >= 0.3 is 0 Å². The lowest BCUT2D eigenvalue weighted by Gasteiger charge is -2.12.